The highest BCUT2D eigenvalue weighted by atomic mass is 16.5. The lowest BCUT2D eigenvalue weighted by molar-refractivity contribution is -0.131. The number of carbonyl (C=O) groups excluding carboxylic acids is 1. The topological polar surface area (TPSA) is 55.6 Å². The highest BCUT2D eigenvalue weighted by molar-refractivity contribution is 5.76. The molecule has 2 unspecified atom stereocenters. The minimum Gasteiger partial charge on any atom is -0.384 e. The molecule has 2 atom stereocenters. The lowest BCUT2D eigenvalue weighted by atomic mass is 10.0. The first-order valence-electron chi connectivity index (χ1n) is 5.17. The molecule has 0 radical (unpaired) electrons. The van der Waals surface area contributed by atoms with Crippen LogP contribution < -0.4 is 5.73 Å². The van der Waals surface area contributed by atoms with Crippen molar-refractivity contribution in [1.82, 2.24) is 4.90 Å². The van der Waals surface area contributed by atoms with Crippen molar-refractivity contribution < 1.29 is 9.53 Å². The quantitative estimate of drug-likeness (QED) is 0.706. The summed E-state index contributed by atoms with van der Waals surface area (Å²) in [7, 11) is 1.61. The normalized spacial score (nSPS) is 23.9. The fourth-order valence-corrected chi connectivity index (χ4v) is 1.79. The molecule has 1 heterocycles. The molecule has 0 aliphatic carbocycles. The maximum atomic E-state index is 11.6. The monoisotopic (exact) mass is 200 g/mol. The molecule has 14 heavy (non-hydrogen) atoms. The van der Waals surface area contributed by atoms with Crippen LogP contribution in [0.4, 0.5) is 0 Å². The van der Waals surface area contributed by atoms with Crippen molar-refractivity contribution in [2.45, 2.75) is 25.8 Å². The second-order valence-electron chi connectivity index (χ2n) is 3.99. The van der Waals surface area contributed by atoms with E-state index >= 15 is 0 Å². The summed E-state index contributed by atoms with van der Waals surface area (Å²) in [6, 6.07) is 0.190. The van der Waals surface area contributed by atoms with Crippen LogP contribution >= 0.6 is 0 Å². The van der Waals surface area contributed by atoms with Gasteiger partial charge in [0.05, 0.1) is 13.0 Å². The van der Waals surface area contributed by atoms with Gasteiger partial charge in [-0.25, -0.2) is 0 Å². The highest BCUT2D eigenvalue weighted by Crippen LogP contribution is 2.19. The Morgan fingerprint density at radius 1 is 1.71 bits per heavy atom. The van der Waals surface area contributed by atoms with Crippen molar-refractivity contribution in [1.29, 1.82) is 0 Å². The number of nitrogens with two attached hydrogens (primary N) is 1. The Balaban J connectivity index is 2.30. The molecule has 1 rings (SSSR count). The number of nitrogens with zero attached hydrogens (tertiary/aromatic N) is 1. The second-order valence-corrected chi connectivity index (χ2v) is 3.99. The molecule has 1 amide bonds. The second kappa shape index (κ2) is 5.32. The van der Waals surface area contributed by atoms with Crippen LogP contribution in [0.1, 0.15) is 19.8 Å². The van der Waals surface area contributed by atoms with Gasteiger partial charge in [-0.3, -0.25) is 4.79 Å². The average molecular weight is 200 g/mol. The van der Waals surface area contributed by atoms with Gasteiger partial charge < -0.3 is 15.4 Å². The fraction of sp³-hybridized carbons (Fsp3) is 0.900. The third-order valence-electron chi connectivity index (χ3n) is 2.84. The van der Waals surface area contributed by atoms with Gasteiger partial charge in [0.25, 0.3) is 0 Å². The van der Waals surface area contributed by atoms with Crippen molar-refractivity contribution in [3.63, 3.8) is 0 Å². The van der Waals surface area contributed by atoms with E-state index in [1.165, 1.54) is 0 Å². The summed E-state index contributed by atoms with van der Waals surface area (Å²) in [6.45, 7) is 4.20. The highest BCUT2D eigenvalue weighted by Gasteiger charge is 2.27. The van der Waals surface area contributed by atoms with Crippen LogP contribution in [0.3, 0.4) is 0 Å². The van der Waals surface area contributed by atoms with Gasteiger partial charge in [0.15, 0.2) is 0 Å². The van der Waals surface area contributed by atoms with Crippen molar-refractivity contribution in [2.24, 2.45) is 11.7 Å². The Labute approximate surface area is 85.4 Å². The predicted octanol–water partition coefficient (Wildman–Crippen LogP) is 0.219. The van der Waals surface area contributed by atoms with Gasteiger partial charge in [0.2, 0.25) is 5.91 Å². The zero-order chi connectivity index (χ0) is 10.6. The van der Waals surface area contributed by atoms with E-state index in [1.807, 2.05) is 11.8 Å². The van der Waals surface area contributed by atoms with Gasteiger partial charge in [-0.05, 0) is 19.3 Å². The zero-order valence-electron chi connectivity index (χ0n) is 9.03. The first kappa shape index (κ1) is 11.5. The lowest BCUT2D eigenvalue weighted by Gasteiger charge is -2.17. The van der Waals surface area contributed by atoms with Crippen molar-refractivity contribution in [2.75, 3.05) is 26.8 Å². The smallest absolute Gasteiger partial charge is 0.224 e. The maximum absolute atomic E-state index is 11.6. The summed E-state index contributed by atoms with van der Waals surface area (Å²) in [5.74, 6) is 0.663. The predicted molar refractivity (Wildman–Crippen MR) is 54.8 cm³/mol. The first-order valence-corrected chi connectivity index (χ1v) is 5.17. The van der Waals surface area contributed by atoms with E-state index in [-0.39, 0.29) is 11.9 Å². The number of rotatable bonds is 4. The maximum Gasteiger partial charge on any atom is 0.224 e. The molecular weight excluding hydrogens is 180 g/mol. The van der Waals surface area contributed by atoms with Crippen LogP contribution in [0.25, 0.3) is 0 Å². The molecule has 1 saturated heterocycles. The summed E-state index contributed by atoms with van der Waals surface area (Å²) in [5.41, 5.74) is 5.80. The van der Waals surface area contributed by atoms with E-state index in [0.717, 1.165) is 19.5 Å². The summed E-state index contributed by atoms with van der Waals surface area (Å²) in [6.07, 6.45) is 1.53. The molecule has 0 aromatic rings. The molecular formula is C10H20N2O2. The molecule has 0 spiro atoms. The summed E-state index contributed by atoms with van der Waals surface area (Å²) < 4.78 is 4.87. The number of ether oxygens (including phenoxy) is 1. The van der Waals surface area contributed by atoms with Gasteiger partial charge in [0, 0.05) is 26.2 Å². The van der Waals surface area contributed by atoms with E-state index < -0.39 is 0 Å². The molecule has 1 aliphatic rings. The van der Waals surface area contributed by atoms with E-state index in [4.69, 9.17) is 10.5 Å². The Kier molecular flexibility index (Phi) is 4.35. The number of hydrogen-bond donors (Lipinski definition) is 1. The number of methoxy groups -OCH3 is 1. The van der Waals surface area contributed by atoms with Crippen molar-refractivity contribution in [3.05, 3.63) is 0 Å². The van der Waals surface area contributed by atoms with E-state index in [2.05, 4.69) is 0 Å². The molecule has 0 aromatic carbocycles. The average Bonchev–Trinajstić information content (AvgIpc) is 2.62. The van der Waals surface area contributed by atoms with Gasteiger partial charge in [-0.15, -0.1) is 0 Å². The minimum absolute atomic E-state index is 0.190. The van der Waals surface area contributed by atoms with Crippen LogP contribution in [0.5, 0.6) is 0 Å². The largest absolute Gasteiger partial charge is 0.384 e. The molecule has 2 N–H and O–H groups in total. The Bertz CT molecular complexity index is 195. The first-order chi connectivity index (χ1) is 6.65. The summed E-state index contributed by atoms with van der Waals surface area (Å²) in [5, 5.41) is 0. The molecule has 4 heteroatoms. The van der Waals surface area contributed by atoms with Gasteiger partial charge >= 0.3 is 0 Å². The third kappa shape index (κ3) is 2.96. The summed E-state index contributed by atoms with van der Waals surface area (Å²) in [4.78, 5) is 13.5. The van der Waals surface area contributed by atoms with Gasteiger partial charge in [-0.1, -0.05) is 0 Å². The number of likely N-dealkylation sites (tertiary alicyclic amines) is 1. The third-order valence-corrected chi connectivity index (χ3v) is 2.84. The molecule has 0 bridgehead atoms. The Morgan fingerprint density at radius 2 is 2.43 bits per heavy atom. The molecule has 0 saturated carbocycles. The van der Waals surface area contributed by atoms with Crippen LogP contribution in [0.15, 0.2) is 0 Å². The molecule has 1 fully saturated rings. The van der Waals surface area contributed by atoms with E-state index in [0.29, 0.717) is 18.9 Å². The minimum atomic E-state index is 0.190. The zero-order valence-corrected chi connectivity index (χ0v) is 9.03. The van der Waals surface area contributed by atoms with Crippen LogP contribution in [-0.2, 0) is 9.53 Å². The van der Waals surface area contributed by atoms with E-state index in [1.54, 1.807) is 7.11 Å². The van der Waals surface area contributed by atoms with Gasteiger partial charge in [0.1, 0.15) is 0 Å². The SMILES string of the molecule is COCCC(=O)N1CCC(C(C)N)C1. The van der Waals surface area contributed by atoms with Crippen LogP contribution in [0.2, 0.25) is 0 Å². The standard InChI is InChI=1S/C10H20N2O2/c1-8(11)9-3-5-12(7-9)10(13)4-6-14-2/h8-9H,3-7,11H2,1-2H3. The Hall–Kier alpha value is -0.610. The molecule has 0 aromatic heterocycles. The van der Waals surface area contributed by atoms with Gasteiger partial charge in [-0.2, -0.15) is 0 Å². The fourth-order valence-electron chi connectivity index (χ4n) is 1.79. The number of hydrogen-bond acceptors (Lipinski definition) is 3. The van der Waals surface area contributed by atoms with Crippen molar-refractivity contribution in [3.8, 4) is 0 Å². The van der Waals surface area contributed by atoms with E-state index in [9.17, 15) is 4.79 Å². The number of carbonyl (C=O) groups is 1. The molecule has 1 aliphatic heterocycles. The molecule has 82 valence electrons. The lowest BCUT2D eigenvalue weighted by Crippen LogP contribution is -2.33. The summed E-state index contributed by atoms with van der Waals surface area (Å²) >= 11 is 0. The number of amides is 1. The van der Waals surface area contributed by atoms with Crippen molar-refractivity contribution >= 4 is 5.91 Å². The van der Waals surface area contributed by atoms with Crippen LogP contribution in [-0.4, -0.2) is 43.7 Å². The van der Waals surface area contributed by atoms with Crippen LogP contribution in [0, 0.1) is 5.92 Å². The Morgan fingerprint density at radius 3 is 2.93 bits per heavy atom. The molecule has 4 nitrogen and oxygen atoms in total.